The minimum atomic E-state index is 0.197. The van der Waals surface area contributed by atoms with Gasteiger partial charge in [0.25, 0.3) is 0 Å². The first-order chi connectivity index (χ1) is 5.68. The van der Waals surface area contributed by atoms with Crippen LogP contribution in [0.2, 0.25) is 15.5 Å². The zero-order valence-electron chi connectivity index (χ0n) is 5.61. The molecule has 0 aromatic rings. The number of hydrogen-bond donors (Lipinski definition) is 1. The third-order valence-corrected chi connectivity index (χ3v) is 2.15. The molecule has 0 amide bonds. The molecule has 0 aliphatic carbocycles. The zero-order chi connectivity index (χ0) is 8.72. The van der Waals surface area contributed by atoms with Gasteiger partial charge >= 0.3 is 0 Å². The maximum Gasteiger partial charge on any atom is 0.203 e. The topological polar surface area (TPSA) is 41.6 Å². The van der Waals surface area contributed by atoms with Gasteiger partial charge in [-0.05, 0) is 11.6 Å². The Morgan fingerprint density at radius 2 is 2.00 bits per heavy atom. The van der Waals surface area contributed by atoms with Gasteiger partial charge in [-0.2, -0.15) is 0 Å². The molecule has 0 aromatic carbocycles. The number of nitrogens with one attached hydrogen (secondary N) is 1. The third-order valence-electron chi connectivity index (χ3n) is 1.41. The van der Waals surface area contributed by atoms with E-state index >= 15 is 0 Å². The molecular formula is C6H2Cl3N3. The summed E-state index contributed by atoms with van der Waals surface area (Å²) in [4.78, 5) is 10.5. The highest BCUT2D eigenvalue weighted by molar-refractivity contribution is 6.39. The second-order valence-corrected chi connectivity index (χ2v) is 3.27. The Kier molecular flexibility index (Phi) is 1.87. The van der Waals surface area contributed by atoms with Crippen molar-refractivity contribution in [2.75, 3.05) is 0 Å². The summed E-state index contributed by atoms with van der Waals surface area (Å²) in [7, 11) is 0. The molecule has 0 saturated heterocycles. The number of H-pyrrole nitrogens is 1. The Labute approximate surface area is 83.0 Å². The van der Waals surface area contributed by atoms with Gasteiger partial charge in [0.15, 0.2) is 0 Å². The number of halogens is 3. The van der Waals surface area contributed by atoms with Gasteiger partial charge < -0.3 is 4.98 Å². The van der Waals surface area contributed by atoms with E-state index in [1.807, 2.05) is 0 Å². The molecule has 1 N–H and O–H groups in total. The van der Waals surface area contributed by atoms with E-state index in [2.05, 4.69) is 15.0 Å². The van der Waals surface area contributed by atoms with Crippen LogP contribution in [0.4, 0.5) is 0 Å². The van der Waals surface area contributed by atoms with E-state index in [1.54, 1.807) is 0 Å². The highest BCUT2D eigenvalue weighted by Crippen LogP contribution is 2.33. The molecule has 0 spiro atoms. The fraction of sp³-hybridized carbons (Fsp3) is 0. The van der Waals surface area contributed by atoms with Crippen LogP contribution in [-0.2, 0) is 0 Å². The lowest BCUT2D eigenvalue weighted by Gasteiger charge is -2.00. The summed E-state index contributed by atoms with van der Waals surface area (Å²) in [5, 5.41) is 0.925. The van der Waals surface area contributed by atoms with E-state index in [0.717, 1.165) is 0 Å². The normalized spacial score (nSPS) is 10.9. The Balaban J connectivity index is 2.82. The van der Waals surface area contributed by atoms with Crippen LogP contribution in [0.15, 0.2) is 6.20 Å². The SMILES string of the molecule is Clc1nc(Cl)c2c(Cl)cnc-2[nH]1. The van der Waals surface area contributed by atoms with Crippen LogP contribution < -0.4 is 0 Å². The molecule has 2 aliphatic rings. The monoisotopic (exact) mass is 221 g/mol. The summed E-state index contributed by atoms with van der Waals surface area (Å²) in [6.45, 7) is 0. The Hall–Kier alpha value is -0.510. The van der Waals surface area contributed by atoms with Crippen LogP contribution in [-0.4, -0.2) is 15.0 Å². The maximum absolute atomic E-state index is 5.78. The lowest BCUT2D eigenvalue weighted by molar-refractivity contribution is 1.13. The van der Waals surface area contributed by atoms with Gasteiger partial charge in [0.1, 0.15) is 11.0 Å². The third kappa shape index (κ3) is 1.14. The molecule has 0 saturated carbocycles. The summed E-state index contributed by atoms with van der Waals surface area (Å²) in [5.74, 6) is 0.546. The second-order valence-electron chi connectivity index (χ2n) is 2.15. The molecule has 2 rings (SSSR count). The highest BCUT2D eigenvalue weighted by Gasteiger charge is 2.16. The molecule has 62 valence electrons. The highest BCUT2D eigenvalue weighted by atomic mass is 35.5. The molecule has 3 nitrogen and oxygen atoms in total. The van der Waals surface area contributed by atoms with Gasteiger partial charge in [-0.25, -0.2) is 9.97 Å². The first-order valence-corrected chi connectivity index (χ1v) is 4.17. The number of hydrogen-bond acceptors (Lipinski definition) is 2. The van der Waals surface area contributed by atoms with Crippen molar-refractivity contribution in [3.05, 3.63) is 21.7 Å². The van der Waals surface area contributed by atoms with Gasteiger partial charge in [0, 0.05) is 6.20 Å². The predicted molar refractivity (Wildman–Crippen MR) is 48.0 cm³/mol. The van der Waals surface area contributed by atoms with Crippen LogP contribution in [0.25, 0.3) is 11.4 Å². The van der Waals surface area contributed by atoms with E-state index < -0.39 is 0 Å². The zero-order valence-corrected chi connectivity index (χ0v) is 7.87. The molecule has 0 fully saturated rings. The molecule has 0 unspecified atom stereocenters. The fourth-order valence-corrected chi connectivity index (χ4v) is 1.69. The van der Waals surface area contributed by atoms with Crippen molar-refractivity contribution in [2.45, 2.75) is 0 Å². The van der Waals surface area contributed by atoms with E-state index in [4.69, 9.17) is 34.8 Å². The van der Waals surface area contributed by atoms with Crippen molar-refractivity contribution >= 4 is 34.8 Å². The molecule has 0 atom stereocenters. The van der Waals surface area contributed by atoms with Gasteiger partial charge in [0.05, 0.1) is 10.6 Å². The number of aromatic amines is 1. The summed E-state index contributed by atoms with van der Waals surface area (Å²) in [6, 6.07) is 0. The Bertz CT molecular complexity index is 398. The Morgan fingerprint density at radius 3 is 2.75 bits per heavy atom. The van der Waals surface area contributed by atoms with Crippen molar-refractivity contribution in [1.82, 2.24) is 15.0 Å². The van der Waals surface area contributed by atoms with Gasteiger partial charge in [-0.15, -0.1) is 0 Å². The standard InChI is InChI=1S/C6H2Cl3N3/c7-2-1-10-5-3(2)4(8)11-6(9)12-5/h1H,(H,10,11,12). The Morgan fingerprint density at radius 1 is 1.25 bits per heavy atom. The first-order valence-electron chi connectivity index (χ1n) is 3.03. The number of fused-ring (bicyclic) bond motifs is 1. The number of nitrogens with zero attached hydrogens (tertiary/aromatic N) is 2. The molecule has 0 aromatic heterocycles. The smallest absolute Gasteiger partial charge is 0.203 e. The lowest BCUT2D eigenvalue weighted by atomic mass is 10.3. The predicted octanol–water partition coefficient (Wildman–Crippen LogP) is 2.87. The largest absolute Gasteiger partial charge is 0.314 e. The quantitative estimate of drug-likeness (QED) is 0.550. The minimum absolute atomic E-state index is 0.197. The van der Waals surface area contributed by atoms with Crippen LogP contribution >= 0.6 is 34.8 Å². The molecule has 2 aliphatic heterocycles. The first kappa shape index (κ1) is 8.10. The summed E-state index contributed by atoms with van der Waals surface area (Å²) in [6.07, 6.45) is 1.49. The van der Waals surface area contributed by atoms with Gasteiger partial charge in [0.2, 0.25) is 5.28 Å². The van der Waals surface area contributed by atoms with Gasteiger partial charge in [-0.1, -0.05) is 23.2 Å². The van der Waals surface area contributed by atoms with Crippen LogP contribution in [0.1, 0.15) is 0 Å². The average Bonchev–Trinajstić information content (AvgIpc) is 2.31. The van der Waals surface area contributed by atoms with E-state index in [9.17, 15) is 0 Å². The van der Waals surface area contributed by atoms with E-state index in [1.165, 1.54) is 6.20 Å². The summed E-state index contributed by atoms with van der Waals surface area (Å²) in [5.41, 5.74) is 0.600. The van der Waals surface area contributed by atoms with Crippen LogP contribution in [0.3, 0.4) is 0 Å². The van der Waals surface area contributed by atoms with Crippen LogP contribution in [0.5, 0.6) is 0 Å². The van der Waals surface area contributed by atoms with Gasteiger partial charge in [-0.3, -0.25) is 0 Å². The molecule has 6 heteroatoms. The summed E-state index contributed by atoms with van der Waals surface area (Å²) >= 11 is 17.1. The van der Waals surface area contributed by atoms with E-state index in [-0.39, 0.29) is 10.4 Å². The van der Waals surface area contributed by atoms with Crippen molar-refractivity contribution in [3.8, 4) is 11.4 Å². The molecule has 12 heavy (non-hydrogen) atoms. The number of rotatable bonds is 0. The van der Waals surface area contributed by atoms with Crippen molar-refractivity contribution in [1.29, 1.82) is 0 Å². The fourth-order valence-electron chi connectivity index (χ4n) is 0.922. The maximum atomic E-state index is 5.78. The van der Waals surface area contributed by atoms with Crippen LogP contribution in [0, 0.1) is 0 Å². The van der Waals surface area contributed by atoms with E-state index in [0.29, 0.717) is 16.4 Å². The van der Waals surface area contributed by atoms with Crippen molar-refractivity contribution in [2.24, 2.45) is 0 Å². The molecule has 0 bridgehead atoms. The molecule has 2 heterocycles. The number of aromatic nitrogens is 3. The molecule has 0 radical (unpaired) electrons. The van der Waals surface area contributed by atoms with Crippen molar-refractivity contribution in [3.63, 3.8) is 0 Å². The lowest BCUT2D eigenvalue weighted by Crippen LogP contribution is -1.90. The second kappa shape index (κ2) is 2.76. The molecular weight excluding hydrogens is 220 g/mol. The minimum Gasteiger partial charge on any atom is -0.314 e. The average molecular weight is 222 g/mol. The summed E-state index contributed by atoms with van der Waals surface area (Å²) < 4.78 is 0. The van der Waals surface area contributed by atoms with Crippen molar-refractivity contribution < 1.29 is 0 Å².